The quantitative estimate of drug-likeness (QED) is 0.913. The van der Waals surface area contributed by atoms with E-state index in [1.165, 1.54) is 17.5 Å². The molecule has 0 radical (unpaired) electrons. The maximum Gasteiger partial charge on any atom is 0.122 e. The fourth-order valence-electron chi connectivity index (χ4n) is 3.47. The van der Waals surface area contributed by atoms with Crippen molar-refractivity contribution in [1.82, 2.24) is 10.2 Å². The van der Waals surface area contributed by atoms with Gasteiger partial charge in [0.25, 0.3) is 0 Å². The summed E-state index contributed by atoms with van der Waals surface area (Å²) in [6.07, 6.45) is 2.29. The highest BCUT2D eigenvalue weighted by Crippen LogP contribution is 2.35. The number of nitrogens with zero attached hydrogens (tertiary/aromatic N) is 1. The molecular formula is C17H26N2O. The molecule has 3 rings (SSSR count). The molecule has 1 saturated heterocycles. The second-order valence-corrected chi connectivity index (χ2v) is 6.08. The van der Waals surface area contributed by atoms with E-state index in [0.29, 0.717) is 12.0 Å². The number of hydrogen-bond acceptors (Lipinski definition) is 3. The molecule has 3 nitrogen and oxygen atoms in total. The zero-order valence-electron chi connectivity index (χ0n) is 12.7. The molecule has 0 spiro atoms. The van der Waals surface area contributed by atoms with E-state index in [2.05, 4.69) is 42.3 Å². The van der Waals surface area contributed by atoms with Gasteiger partial charge in [-0.05, 0) is 23.1 Å². The summed E-state index contributed by atoms with van der Waals surface area (Å²) < 4.78 is 5.64. The first kappa shape index (κ1) is 13.9. The number of benzene rings is 1. The van der Waals surface area contributed by atoms with Gasteiger partial charge in [0.05, 0.1) is 6.61 Å². The van der Waals surface area contributed by atoms with Crippen molar-refractivity contribution in [3.8, 4) is 5.75 Å². The predicted octanol–water partition coefficient (Wildman–Crippen LogP) is 2.61. The van der Waals surface area contributed by atoms with Crippen LogP contribution >= 0.6 is 0 Å². The zero-order valence-corrected chi connectivity index (χ0v) is 12.7. The molecule has 0 bridgehead atoms. The van der Waals surface area contributed by atoms with E-state index < -0.39 is 0 Å². The monoisotopic (exact) mass is 274 g/mol. The topological polar surface area (TPSA) is 24.5 Å². The van der Waals surface area contributed by atoms with Crippen molar-refractivity contribution >= 4 is 0 Å². The van der Waals surface area contributed by atoms with Gasteiger partial charge in [-0.1, -0.05) is 32.4 Å². The summed E-state index contributed by atoms with van der Waals surface area (Å²) in [5.41, 5.74) is 2.87. The van der Waals surface area contributed by atoms with Gasteiger partial charge in [-0.25, -0.2) is 0 Å². The van der Waals surface area contributed by atoms with Gasteiger partial charge in [-0.2, -0.15) is 0 Å². The highest BCUT2D eigenvalue weighted by atomic mass is 16.5. The predicted molar refractivity (Wildman–Crippen MR) is 82.3 cm³/mol. The highest BCUT2D eigenvalue weighted by Gasteiger charge is 2.27. The third-order valence-corrected chi connectivity index (χ3v) is 4.78. The fraction of sp³-hybridized carbons (Fsp3) is 0.647. The lowest BCUT2D eigenvalue weighted by Gasteiger charge is -2.38. The van der Waals surface area contributed by atoms with E-state index in [-0.39, 0.29) is 0 Å². The summed E-state index contributed by atoms with van der Waals surface area (Å²) in [4.78, 5) is 2.65. The minimum atomic E-state index is 0.549. The molecule has 1 unspecified atom stereocenters. The number of nitrogens with one attached hydrogen (secondary N) is 1. The lowest BCUT2D eigenvalue weighted by Crippen LogP contribution is -2.46. The lowest BCUT2D eigenvalue weighted by atomic mass is 9.89. The fourth-order valence-corrected chi connectivity index (χ4v) is 3.47. The molecule has 3 heteroatoms. The lowest BCUT2D eigenvalue weighted by molar-refractivity contribution is 0.128. The summed E-state index contributed by atoms with van der Waals surface area (Å²) >= 11 is 0. The van der Waals surface area contributed by atoms with Crippen LogP contribution in [0.25, 0.3) is 0 Å². The van der Waals surface area contributed by atoms with E-state index in [4.69, 9.17) is 4.74 Å². The van der Waals surface area contributed by atoms with Gasteiger partial charge in [0.1, 0.15) is 5.75 Å². The summed E-state index contributed by atoms with van der Waals surface area (Å²) in [7, 11) is 0. The molecule has 20 heavy (non-hydrogen) atoms. The molecule has 1 fully saturated rings. The van der Waals surface area contributed by atoms with Crippen LogP contribution in [0.15, 0.2) is 18.2 Å². The Morgan fingerprint density at radius 2 is 2.10 bits per heavy atom. The van der Waals surface area contributed by atoms with Gasteiger partial charge >= 0.3 is 0 Å². The molecule has 2 aliphatic heterocycles. The van der Waals surface area contributed by atoms with Crippen LogP contribution in [0.3, 0.4) is 0 Å². The van der Waals surface area contributed by atoms with E-state index in [9.17, 15) is 0 Å². The third-order valence-electron chi connectivity index (χ3n) is 4.78. The standard InChI is InChI=1S/C17H26N2O/c1-3-13(2)17(19-9-7-18-8-10-19)15-4-5-16-14(12-15)6-11-20-16/h4-5,12-13,17-18H,3,6-11H2,1-2H3/t13?,17-/m1/s1. The second kappa shape index (κ2) is 6.15. The normalized spacial score (nSPS) is 22.1. The number of hydrogen-bond donors (Lipinski definition) is 1. The molecule has 0 aliphatic carbocycles. The molecule has 0 saturated carbocycles. The minimum absolute atomic E-state index is 0.549. The van der Waals surface area contributed by atoms with Crippen LogP contribution in [-0.2, 0) is 6.42 Å². The van der Waals surface area contributed by atoms with E-state index in [1.54, 1.807) is 0 Å². The van der Waals surface area contributed by atoms with Crippen LogP contribution in [0, 0.1) is 5.92 Å². The van der Waals surface area contributed by atoms with Crippen molar-refractivity contribution in [3.63, 3.8) is 0 Å². The number of fused-ring (bicyclic) bond motifs is 1. The molecule has 1 aromatic carbocycles. The number of rotatable bonds is 4. The molecule has 2 heterocycles. The Hall–Kier alpha value is -1.06. The smallest absolute Gasteiger partial charge is 0.122 e. The molecule has 0 amide bonds. The molecule has 1 aromatic rings. The van der Waals surface area contributed by atoms with Gasteiger partial charge in [0.15, 0.2) is 0 Å². The van der Waals surface area contributed by atoms with Crippen molar-refractivity contribution < 1.29 is 4.74 Å². The molecule has 110 valence electrons. The number of ether oxygens (including phenoxy) is 1. The first-order valence-corrected chi connectivity index (χ1v) is 8.00. The molecule has 2 aliphatic rings. The van der Waals surface area contributed by atoms with Gasteiger partial charge < -0.3 is 10.1 Å². The average Bonchev–Trinajstić information content (AvgIpc) is 2.96. The zero-order chi connectivity index (χ0) is 13.9. The summed E-state index contributed by atoms with van der Waals surface area (Å²) in [6, 6.07) is 7.40. The van der Waals surface area contributed by atoms with Crippen molar-refractivity contribution in [2.45, 2.75) is 32.7 Å². The van der Waals surface area contributed by atoms with Crippen molar-refractivity contribution in [2.24, 2.45) is 5.92 Å². The van der Waals surface area contributed by atoms with Gasteiger partial charge in [0, 0.05) is 38.6 Å². The molecule has 0 aromatic heterocycles. The van der Waals surface area contributed by atoms with Crippen LogP contribution in [0.2, 0.25) is 0 Å². The van der Waals surface area contributed by atoms with Gasteiger partial charge in [-0.3, -0.25) is 4.90 Å². The Labute approximate surface area is 122 Å². The van der Waals surface area contributed by atoms with Crippen molar-refractivity contribution in [2.75, 3.05) is 32.8 Å². The first-order chi connectivity index (χ1) is 9.79. The van der Waals surface area contributed by atoms with Crippen LogP contribution in [0.5, 0.6) is 5.75 Å². The minimum Gasteiger partial charge on any atom is -0.493 e. The highest BCUT2D eigenvalue weighted by molar-refractivity contribution is 5.41. The van der Waals surface area contributed by atoms with Crippen LogP contribution in [0.4, 0.5) is 0 Å². The van der Waals surface area contributed by atoms with E-state index in [1.807, 2.05) is 0 Å². The van der Waals surface area contributed by atoms with Gasteiger partial charge in [0.2, 0.25) is 0 Å². The van der Waals surface area contributed by atoms with Crippen LogP contribution < -0.4 is 10.1 Å². The van der Waals surface area contributed by atoms with E-state index in [0.717, 1.165) is 45.0 Å². The SMILES string of the molecule is CCC(C)[C@H](c1ccc2c(c1)CCO2)N1CCNCC1. The van der Waals surface area contributed by atoms with Crippen LogP contribution in [-0.4, -0.2) is 37.7 Å². The Morgan fingerprint density at radius 1 is 1.30 bits per heavy atom. The Morgan fingerprint density at radius 3 is 2.85 bits per heavy atom. The Balaban J connectivity index is 1.88. The van der Waals surface area contributed by atoms with Gasteiger partial charge in [-0.15, -0.1) is 0 Å². The molecule has 1 N–H and O–H groups in total. The average molecular weight is 274 g/mol. The molecule has 2 atom stereocenters. The third kappa shape index (κ3) is 2.70. The van der Waals surface area contributed by atoms with Crippen molar-refractivity contribution in [1.29, 1.82) is 0 Å². The first-order valence-electron chi connectivity index (χ1n) is 8.00. The summed E-state index contributed by atoms with van der Waals surface area (Å²) in [6.45, 7) is 10.1. The maximum absolute atomic E-state index is 5.64. The summed E-state index contributed by atoms with van der Waals surface area (Å²) in [5, 5.41) is 3.46. The maximum atomic E-state index is 5.64. The molecular weight excluding hydrogens is 248 g/mol. The second-order valence-electron chi connectivity index (χ2n) is 6.08. The Bertz CT molecular complexity index is 454. The largest absolute Gasteiger partial charge is 0.493 e. The van der Waals surface area contributed by atoms with Crippen LogP contribution in [0.1, 0.15) is 37.4 Å². The number of piperazine rings is 1. The Kier molecular flexibility index (Phi) is 4.27. The summed E-state index contributed by atoms with van der Waals surface area (Å²) in [5.74, 6) is 1.78. The van der Waals surface area contributed by atoms with E-state index >= 15 is 0 Å². The van der Waals surface area contributed by atoms with Crippen molar-refractivity contribution in [3.05, 3.63) is 29.3 Å².